The fraction of sp³-hybridized carbons (Fsp3) is 0.814. The summed E-state index contributed by atoms with van der Waals surface area (Å²) in [6, 6.07) is -1.00. The zero-order valence-electron chi connectivity index (χ0n) is 54.4. The van der Waals surface area contributed by atoms with Crippen LogP contribution in [-0.2, 0) is 33.2 Å². The lowest BCUT2D eigenvalue weighted by atomic mass is 9.96. The van der Waals surface area contributed by atoms with Crippen molar-refractivity contribution >= 4 is 5.91 Å². The lowest BCUT2D eigenvalue weighted by Crippen LogP contribution is -2.66. The number of unbranched alkanes of at least 4 members (excludes halogenated alkanes) is 26. The molecule has 3 aliphatic heterocycles. The Labute approximate surface area is 534 Å². The van der Waals surface area contributed by atoms with Gasteiger partial charge in [-0.1, -0.05) is 228 Å². The Morgan fingerprint density at radius 2 is 0.787 bits per heavy atom. The van der Waals surface area contributed by atoms with Gasteiger partial charge in [0.15, 0.2) is 18.9 Å². The summed E-state index contributed by atoms with van der Waals surface area (Å²) < 4.78 is 34.3. The molecule has 89 heavy (non-hydrogen) atoms. The highest BCUT2D eigenvalue weighted by molar-refractivity contribution is 5.76. The van der Waals surface area contributed by atoms with Gasteiger partial charge < -0.3 is 89.9 Å². The van der Waals surface area contributed by atoms with Gasteiger partial charge in [-0.3, -0.25) is 4.79 Å². The van der Waals surface area contributed by atoms with Crippen LogP contribution in [0.2, 0.25) is 0 Å². The van der Waals surface area contributed by atoms with Crippen molar-refractivity contribution in [2.45, 2.75) is 336 Å². The number of carbonyl (C=O) groups is 1. The summed E-state index contributed by atoms with van der Waals surface area (Å²) in [5, 5.41) is 120. The van der Waals surface area contributed by atoms with Gasteiger partial charge in [-0.2, -0.15) is 0 Å². The third kappa shape index (κ3) is 33.8. The van der Waals surface area contributed by atoms with Crippen LogP contribution < -0.4 is 5.32 Å². The van der Waals surface area contributed by atoms with Crippen molar-refractivity contribution in [3.05, 3.63) is 72.9 Å². The number of hydrogen-bond donors (Lipinski definition) is 12. The van der Waals surface area contributed by atoms with Crippen molar-refractivity contribution in [2.75, 3.05) is 26.4 Å². The van der Waals surface area contributed by atoms with E-state index in [1.54, 1.807) is 6.08 Å². The topological polar surface area (TPSA) is 307 Å². The second kappa shape index (κ2) is 51.6. The monoisotopic (exact) mass is 1270 g/mol. The molecule has 3 aliphatic rings. The number of aliphatic hydroxyl groups excluding tert-OH is 11. The molecule has 0 spiro atoms. The molecule has 19 heteroatoms. The third-order valence-corrected chi connectivity index (χ3v) is 17.0. The van der Waals surface area contributed by atoms with E-state index in [2.05, 4.69) is 79.9 Å². The van der Waals surface area contributed by atoms with E-state index in [9.17, 15) is 61.0 Å². The second-order valence-corrected chi connectivity index (χ2v) is 24.6. The first-order valence-corrected chi connectivity index (χ1v) is 34.7. The minimum Gasteiger partial charge on any atom is -0.394 e. The molecule has 19 nitrogen and oxygen atoms in total. The van der Waals surface area contributed by atoms with Gasteiger partial charge in [0.05, 0.1) is 38.6 Å². The number of carbonyl (C=O) groups excluding carboxylic acids is 1. The maximum Gasteiger partial charge on any atom is 0.220 e. The molecule has 516 valence electrons. The number of nitrogens with one attached hydrogen (secondary N) is 1. The molecule has 0 bridgehead atoms. The van der Waals surface area contributed by atoms with Gasteiger partial charge in [0, 0.05) is 6.42 Å². The maximum absolute atomic E-state index is 13.4. The van der Waals surface area contributed by atoms with Gasteiger partial charge >= 0.3 is 0 Å². The fourth-order valence-corrected chi connectivity index (χ4v) is 11.4. The summed E-state index contributed by atoms with van der Waals surface area (Å²) in [5.41, 5.74) is 0. The molecule has 0 saturated carbocycles. The van der Waals surface area contributed by atoms with Gasteiger partial charge in [-0.15, -0.1) is 0 Å². The Bertz CT molecular complexity index is 1900. The molecular formula is C70H123NO18. The molecule has 17 unspecified atom stereocenters. The molecule has 3 heterocycles. The molecular weight excluding hydrogens is 1140 g/mol. The van der Waals surface area contributed by atoms with Crippen LogP contribution in [-0.4, -0.2) is 193 Å². The molecule has 3 saturated heterocycles. The summed E-state index contributed by atoms with van der Waals surface area (Å²) in [7, 11) is 0. The van der Waals surface area contributed by atoms with Crippen LogP contribution in [0.4, 0.5) is 0 Å². The molecule has 17 atom stereocenters. The number of allylic oxidation sites excluding steroid dienone is 11. The molecule has 0 radical (unpaired) electrons. The van der Waals surface area contributed by atoms with E-state index in [4.69, 9.17) is 28.4 Å². The van der Waals surface area contributed by atoms with Crippen LogP contribution >= 0.6 is 0 Å². The zero-order chi connectivity index (χ0) is 64.7. The van der Waals surface area contributed by atoms with Gasteiger partial charge in [0.25, 0.3) is 0 Å². The van der Waals surface area contributed by atoms with E-state index in [-0.39, 0.29) is 18.9 Å². The highest BCUT2D eigenvalue weighted by atomic mass is 16.8. The quantitative estimate of drug-likeness (QED) is 0.0200. The largest absolute Gasteiger partial charge is 0.394 e. The van der Waals surface area contributed by atoms with Gasteiger partial charge in [0.2, 0.25) is 5.91 Å². The van der Waals surface area contributed by atoms with E-state index < -0.39 is 124 Å². The first kappa shape index (κ1) is 80.5. The SMILES string of the molecule is CC/C=C\C/C=C\C/C=C\C/C=C\CCCCCCCCC(=O)NC(COC1OC(CO)C(OC2OC(CO)C(OC3OC(CO)C(O)C(O)C3O)C(O)C2O)C(O)C1O)C(O)/C=C/CC/C=C/CCCCCCCCCCCCCCCCCCCCC. The molecule has 3 rings (SSSR count). The minimum atomic E-state index is -1.99. The van der Waals surface area contributed by atoms with Crippen molar-refractivity contribution in [1.29, 1.82) is 0 Å². The Kier molecular flexibility index (Phi) is 46.7. The van der Waals surface area contributed by atoms with Crippen LogP contribution in [0.1, 0.15) is 232 Å². The highest BCUT2D eigenvalue weighted by Gasteiger charge is 2.53. The summed E-state index contributed by atoms with van der Waals surface area (Å²) >= 11 is 0. The summed E-state index contributed by atoms with van der Waals surface area (Å²) in [4.78, 5) is 13.4. The molecule has 0 aliphatic carbocycles. The second-order valence-electron chi connectivity index (χ2n) is 24.6. The molecule has 0 aromatic heterocycles. The predicted molar refractivity (Wildman–Crippen MR) is 346 cm³/mol. The Morgan fingerprint density at radius 3 is 1.26 bits per heavy atom. The van der Waals surface area contributed by atoms with Gasteiger partial charge in [-0.05, 0) is 70.6 Å². The minimum absolute atomic E-state index is 0.216. The zero-order valence-corrected chi connectivity index (χ0v) is 54.4. The molecule has 3 fully saturated rings. The Hall–Kier alpha value is -2.77. The number of rotatable bonds is 52. The van der Waals surface area contributed by atoms with Crippen molar-refractivity contribution in [2.24, 2.45) is 0 Å². The van der Waals surface area contributed by atoms with Gasteiger partial charge in [0.1, 0.15) is 73.2 Å². The van der Waals surface area contributed by atoms with Crippen molar-refractivity contribution in [3.63, 3.8) is 0 Å². The van der Waals surface area contributed by atoms with E-state index in [0.717, 1.165) is 83.5 Å². The first-order valence-electron chi connectivity index (χ1n) is 34.7. The van der Waals surface area contributed by atoms with Crippen LogP contribution in [0, 0.1) is 0 Å². The summed E-state index contributed by atoms with van der Waals surface area (Å²) in [6.45, 7) is 1.59. The smallest absolute Gasteiger partial charge is 0.220 e. The lowest BCUT2D eigenvalue weighted by Gasteiger charge is -2.48. The van der Waals surface area contributed by atoms with Crippen LogP contribution in [0.3, 0.4) is 0 Å². The first-order chi connectivity index (χ1) is 43.3. The van der Waals surface area contributed by atoms with Crippen LogP contribution in [0.5, 0.6) is 0 Å². The number of aliphatic hydroxyl groups is 11. The molecule has 1 amide bonds. The van der Waals surface area contributed by atoms with E-state index in [1.807, 2.05) is 6.08 Å². The van der Waals surface area contributed by atoms with Gasteiger partial charge in [-0.25, -0.2) is 0 Å². The van der Waals surface area contributed by atoms with E-state index in [1.165, 1.54) is 116 Å². The number of amides is 1. The van der Waals surface area contributed by atoms with Crippen molar-refractivity contribution < 1.29 is 89.4 Å². The summed E-state index contributed by atoms with van der Waals surface area (Å²) in [6.07, 6.45) is 37.4. The molecule has 0 aromatic carbocycles. The predicted octanol–water partition coefficient (Wildman–Crippen LogP) is 8.94. The molecule has 0 aromatic rings. The van der Waals surface area contributed by atoms with Crippen LogP contribution in [0.15, 0.2) is 72.9 Å². The standard InChI is InChI=1S/C70H123NO18/c1-3-5-7-9-11-13-15-17-19-21-23-24-25-26-27-28-30-31-33-35-37-39-41-43-45-47-54(75)53(71-58(76)48-46-44-42-40-38-36-34-32-29-22-20-18-16-14-12-10-8-6-4-2)52-84-68-64(82)61(79)66(56(50-73)86-68)89-70-65(83)62(80)67(57(51-74)87-70)88-69-63(81)60(78)59(77)55(49-72)85-69/h6,8,12,14,18,20,29,32,37,39,45,47,53-57,59-70,72-75,77-83H,3-5,7,9-11,13,15-17,19,21-28,30-31,33-36,38,40-44,46,48-52H2,1-2H3,(H,71,76)/b8-6-,14-12-,20-18-,32-29-,39-37+,47-45+. The normalized spacial score (nSPS) is 28.7. The number of hydrogen-bond acceptors (Lipinski definition) is 18. The average molecular weight is 1270 g/mol. The Morgan fingerprint density at radius 1 is 0.416 bits per heavy atom. The maximum atomic E-state index is 13.4. The van der Waals surface area contributed by atoms with E-state index >= 15 is 0 Å². The van der Waals surface area contributed by atoms with Crippen molar-refractivity contribution in [1.82, 2.24) is 5.32 Å². The van der Waals surface area contributed by atoms with Crippen LogP contribution in [0.25, 0.3) is 0 Å². The fourth-order valence-electron chi connectivity index (χ4n) is 11.4. The molecule has 12 N–H and O–H groups in total. The van der Waals surface area contributed by atoms with E-state index in [0.29, 0.717) is 12.8 Å². The Balaban J connectivity index is 1.46. The summed E-state index contributed by atoms with van der Waals surface area (Å²) in [5.74, 6) is -0.301. The third-order valence-electron chi connectivity index (χ3n) is 17.0. The lowest BCUT2D eigenvalue weighted by molar-refractivity contribution is -0.379. The van der Waals surface area contributed by atoms with Crippen molar-refractivity contribution in [3.8, 4) is 0 Å². The number of ether oxygens (including phenoxy) is 6. The average Bonchev–Trinajstić information content (AvgIpc) is 2.46. The highest BCUT2D eigenvalue weighted by Crippen LogP contribution is 2.33.